The highest BCUT2D eigenvalue weighted by molar-refractivity contribution is 5.76. The third kappa shape index (κ3) is 2.47. The number of nitrogens with zero attached hydrogens (tertiary/aromatic N) is 1. The number of aromatic amines is 1. The lowest BCUT2D eigenvalue weighted by Gasteiger charge is -2.24. The Kier molecular flexibility index (Phi) is 3.55. The lowest BCUT2D eigenvalue weighted by molar-refractivity contribution is 0.488. The molecule has 3 nitrogen and oxygen atoms in total. The van der Waals surface area contributed by atoms with Crippen molar-refractivity contribution in [3.8, 4) is 0 Å². The third-order valence-corrected chi connectivity index (χ3v) is 4.79. The van der Waals surface area contributed by atoms with Crippen LogP contribution in [0, 0.1) is 0 Å². The number of hydrogen-bond donors (Lipinski definition) is 2. The molecule has 0 amide bonds. The largest absolute Gasteiger partial charge is 0.342 e. The van der Waals surface area contributed by atoms with Gasteiger partial charge in [0.15, 0.2) is 0 Å². The Morgan fingerprint density at radius 2 is 2.05 bits per heavy atom. The van der Waals surface area contributed by atoms with E-state index in [9.17, 15) is 0 Å². The number of hydrogen-bond acceptors (Lipinski definition) is 2. The molecule has 2 aromatic rings. The minimum absolute atomic E-state index is 0.127. The van der Waals surface area contributed by atoms with Crippen LogP contribution in [0.5, 0.6) is 0 Å². The maximum atomic E-state index is 5.73. The molecule has 1 heterocycles. The van der Waals surface area contributed by atoms with E-state index in [4.69, 9.17) is 10.7 Å². The quantitative estimate of drug-likeness (QED) is 0.887. The van der Waals surface area contributed by atoms with Gasteiger partial charge in [0.2, 0.25) is 0 Å². The maximum Gasteiger partial charge on any atom is 0.110 e. The first-order valence-corrected chi connectivity index (χ1v) is 7.80. The second-order valence-electron chi connectivity index (χ2n) is 6.76. The van der Waals surface area contributed by atoms with Crippen LogP contribution >= 0.6 is 0 Å². The van der Waals surface area contributed by atoms with Gasteiger partial charge < -0.3 is 10.7 Å². The van der Waals surface area contributed by atoms with Gasteiger partial charge in [-0.2, -0.15) is 0 Å². The van der Waals surface area contributed by atoms with E-state index in [1.54, 1.807) is 0 Å². The topological polar surface area (TPSA) is 54.7 Å². The zero-order chi connectivity index (χ0) is 14.2. The van der Waals surface area contributed by atoms with Crippen molar-refractivity contribution in [2.24, 2.45) is 5.73 Å². The van der Waals surface area contributed by atoms with Crippen molar-refractivity contribution < 1.29 is 0 Å². The van der Waals surface area contributed by atoms with Crippen molar-refractivity contribution in [3.05, 3.63) is 29.6 Å². The number of H-pyrrole nitrogens is 1. The molecule has 1 saturated carbocycles. The average molecular weight is 271 g/mol. The van der Waals surface area contributed by atoms with Gasteiger partial charge in [0.05, 0.1) is 11.0 Å². The molecule has 0 aliphatic heterocycles. The van der Waals surface area contributed by atoms with Crippen LogP contribution in [0.1, 0.15) is 63.3 Å². The molecule has 1 aliphatic carbocycles. The van der Waals surface area contributed by atoms with E-state index in [1.165, 1.54) is 42.6 Å². The number of aromatic nitrogens is 2. The van der Waals surface area contributed by atoms with E-state index in [1.807, 2.05) is 0 Å². The molecule has 0 unspecified atom stereocenters. The summed E-state index contributed by atoms with van der Waals surface area (Å²) in [6.07, 6.45) is 6.26. The molecular weight excluding hydrogens is 246 g/mol. The average Bonchev–Trinajstić information content (AvgIpc) is 3.06. The molecule has 0 saturated heterocycles. The summed E-state index contributed by atoms with van der Waals surface area (Å²) < 4.78 is 0. The van der Waals surface area contributed by atoms with Crippen LogP contribution in [0.3, 0.4) is 0 Å². The van der Waals surface area contributed by atoms with E-state index in [-0.39, 0.29) is 5.41 Å². The molecule has 1 aromatic carbocycles. The fourth-order valence-corrected chi connectivity index (χ4v) is 3.35. The van der Waals surface area contributed by atoms with Gasteiger partial charge >= 0.3 is 0 Å². The Morgan fingerprint density at radius 3 is 2.75 bits per heavy atom. The predicted octanol–water partition coefficient (Wildman–Crippen LogP) is 3.85. The molecule has 20 heavy (non-hydrogen) atoms. The molecule has 1 aromatic heterocycles. The number of nitrogens with one attached hydrogen (secondary N) is 1. The molecule has 3 N–H and O–H groups in total. The summed E-state index contributed by atoms with van der Waals surface area (Å²) in [7, 11) is 0. The lowest BCUT2D eigenvalue weighted by Crippen LogP contribution is -2.21. The SMILES string of the molecule is CC(C)(CCN)c1ccc2nc(C3CCCC3)[nH]c2c1. The van der Waals surface area contributed by atoms with Gasteiger partial charge in [0.25, 0.3) is 0 Å². The fraction of sp³-hybridized carbons (Fsp3) is 0.588. The van der Waals surface area contributed by atoms with Gasteiger partial charge in [-0.15, -0.1) is 0 Å². The number of benzene rings is 1. The van der Waals surface area contributed by atoms with Crippen molar-refractivity contribution in [1.29, 1.82) is 0 Å². The molecule has 0 spiro atoms. The lowest BCUT2D eigenvalue weighted by atomic mass is 9.81. The van der Waals surface area contributed by atoms with Crippen molar-refractivity contribution >= 4 is 11.0 Å². The minimum Gasteiger partial charge on any atom is -0.342 e. The van der Waals surface area contributed by atoms with Gasteiger partial charge in [0.1, 0.15) is 5.82 Å². The van der Waals surface area contributed by atoms with E-state index >= 15 is 0 Å². The van der Waals surface area contributed by atoms with Crippen LogP contribution in [-0.2, 0) is 5.41 Å². The van der Waals surface area contributed by atoms with Crippen molar-refractivity contribution in [2.45, 2.75) is 57.3 Å². The number of imidazole rings is 1. The minimum atomic E-state index is 0.127. The number of fused-ring (bicyclic) bond motifs is 1. The van der Waals surface area contributed by atoms with Gasteiger partial charge in [-0.25, -0.2) is 4.98 Å². The third-order valence-electron chi connectivity index (χ3n) is 4.79. The second-order valence-corrected chi connectivity index (χ2v) is 6.76. The van der Waals surface area contributed by atoms with Crippen molar-refractivity contribution in [1.82, 2.24) is 9.97 Å². The number of rotatable bonds is 4. The van der Waals surface area contributed by atoms with Gasteiger partial charge in [-0.3, -0.25) is 0 Å². The smallest absolute Gasteiger partial charge is 0.110 e. The Morgan fingerprint density at radius 1 is 1.30 bits per heavy atom. The summed E-state index contributed by atoms with van der Waals surface area (Å²) >= 11 is 0. The van der Waals surface area contributed by atoms with Crippen molar-refractivity contribution in [3.63, 3.8) is 0 Å². The second kappa shape index (κ2) is 5.21. The Labute approximate surface area is 121 Å². The Balaban J connectivity index is 1.94. The fourth-order valence-electron chi connectivity index (χ4n) is 3.35. The summed E-state index contributed by atoms with van der Waals surface area (Å²) in [6, 6.07) is 6.62. The normalized spacial score (nSPS) is 17.1. The highest BCUT2D eigenvalue weighted by Crippen LogP contribution is 2.34. The molecule has 0 radical (unpaired) electrons. The predicted molar refractivity (Wildman–Crippen MR) is 84.0 cm³/mol. The highest BCUT2D eigenvalue weighted by Gasteiger charge is 2.22. The Bertz CT molecular complexity index is 591. The van der Waals surface area contributed by atoms with Crippen LogP contribution in [0.2, 0.25) is 0 Å². The van der Waals surface area contributed by atoms with Gasteiger partial charge in [0, 0.05) is 5.92 Å². The Hall–Kier alpha value is -1.35. The zero-order valence-corrected chi connectivity index (χ0v) is 12.6. The molecule has 3 heteroatoms. The van der Waals surface area contributed by atoms with Crippen LogP contribution in [0.15, 0.2) is 18.2 Å². The summed E-state index contributed by atoms with van der Waals surface area (Å²) in [4.78, 5) is 8.33. The first kappa shape index (κ1) is 13.6. The van der Waals surface area contributed by atoms with E-state index in [0.29, 0.717) is 5.92 Å². The molecule has 3 rings (SSSR count). The molecule has 1 aliphatic rings. The first-order chi connectivity index (χ1) is 9.60. The summed E-state index contributed by atoms with van der Waals surface area (Å²) in [5.74, 6) is 1.83. The zero-order valence-electron chi connectivity index (χ0n) is 12.6. The molecular formula is C17H25N3. The molecule has 1 fully saturated rings. The van der Waals surface area contributed by atoms with Gasteiger partial charge in [-0.05, 0) is 48.9 Å². The monoisotopic (exact) mass is 271 g/mol. The summed E-state index contributed by atoms with van der Waals surface area (Å²) in [6.45, 7) is 5.24. The highest BCUT2D eigenvalue weighted by atomic mass is 14.9. The summed E-state index contributed by atoms with van der Waals surface area (Å²) in [5.41, 5.74) is 9.47. The van der Waals surface area contributed by atoms with Gasteiger partial charge in [-0.1, -0.05) is 32.8 Å². The van der Waals surface area contributed by atoms with Crippen molar-refractivity contribution in [2.75, 3.05) is 6.54 Å². The molecule has 0 atom stereocenters. The standard InChI is InChI=1S/C17H25N3/c1-17(2,9-10-18)13-7-8-14-15(11-13)20-16(19-14)12-5-3-4-6-12/h7-8,11-12H,3-6,9-10,18H2,1-2H3,(H,19,20). The van der Waals surface area contributed by atoms with Crippen LogP contribution in [0.4, 0.5) is 0 Å². The van der Waals surface area contributed by atoms with E-state index in [0.717, 1.165) is 18.5 Å². The first-order valence-electron chi connectivity index (χ1n) is 7.80. The maximum absolute atomic E-state index is 5.73. The number of nitrogens with two attached hydrogens (primary N) is 1. The summed E-state index contributed by atoms with van der Waals surface area (Å²) in [5, 5.41) is 0. The van der Waals surface area contributed by atoms with Crippen LogP contribution in [0.25, 0.3) is 11.0 Å². The van der Waals surface area contributed by atoms with Crippen LogP contribution < -0.4 is 5.73 Å². The van der Waals surface area contributed by atoms with E-state index < -0.39 is 0 Å². The molecule has 0 bridgehead atoms. The van der Waals surface area contributed by atoms with Crippen LogP contribution in [-0.4, -0.2) is 16.5 Å². The molecule has 108 valence electrons. The van der Waals surface area contributed by atoms with E-state index in [2.05, 4.69) is 37.0 Å².